The maximum absolute atomic E-state index is 13.0. The molecule has 7 heteroatoms. The Kier molecular flexibility index (Phi) is 4.05. The van der Waals surface area contributed by atoms with Crippen molar-refractivity contribution in [2.45, 2.75) is 12.8 Å². The summed E-state index contributed by atoms with van der Waals surface area (Å²) in [6, 6.07) is 9.88. The van der Waals surface area contributed by atoms with Gasteiger partial charge in [-0.25, -0.2) is 9.37 Å². The van der Waals surface area contributed by atoms with Crippen LogP contribution >= 0.6 is 0 Å². The number of fused-ring (bicyclic) bond motifs is 1. The highest BCUT2D eigenvalue weighted by molar-refractivity contribution is 5.93. The average Bonchev–Trinajstić information content (AvgIpc) is 3.08. The van der Waals surface area contributed by atoms with Crippen LogP contribution < -0.4 is 10.2 Å². The highest BCUT2D eigenvalue weighted by Gasteiger charge is 2.28. The molecule has 1 aliphatic heterocycles. The third-order valence-electron chi connectivity index (χ3n) is 4.33. The van der Waals surface area contributed by atoms with E-state index in [-0.39, 0.29) is 17.6 Å². The predicted molar refractivity (Wildman–Crippen MR) is 91.8 cm³/mol. The van der Waals surface area contributed by atoms with Gasteiger partial charge in [0.05, 0.1) is 5.92 Å². The van der Waals surface area contributed by atoms with Crippen LogP contribution in [0, 0.1) is 11.7 Å². The third kappa shape index (κ3) is 3.31. The van der Waals surface area contributed by atoms with E-state index in [1.54, 1.807) is 24.4 Å². The molecule has 1 aromatic carbocycles. The number of oxazole rings is 1. The minimum Gasteiger partial charge on any atom is -0.422 e. The number of carbonyl (C=O) groups excluding carboxylic acids is 1. The van der Waals surface area contributed by atoms with E-state index in [1.165, 1.54) is 12.1 Å². The maximum atomic E-state index is 13.0. The Balaban J connectivity index is 1.46. The number of halogens is 1. The van der Waals surface area contributed by atoms with Gasteiger partial charge < -0.3 is 14.6 Å². The lowest BCUT2D eigenvalue weighted by Crippen LogP contribution is -2.40. The van der Waals surface area contributed by atoms with Crippen LogP contribution in [-0.2, 0) is 4.79 Å². The number of nitrogens with one attached hydrogen (secondary N) is 1. The number of hydrogen-bond acceptors (Lipinski definition) is 5. The van der Waals surface area contributed by atoms with Crippen molar-refractivity contribution in [1.29, 1.82) is 0 Å². The molecule has 128 valence electrons. The van der Waals surface area contributed by atoms with Crippen LogP contribution in [0.2, 0.25) is 0 Å². The summed E-state index contributed by atoms with van der Waals surface area (Å²) in [5.74, 6) is -0.585. The van der Waals surface area contributed by atoms with E-state index in [1.807, 2.05) is 11.0 Å². The van der Waals surface area contributed by atoms with Crippen LogP contribution in [0.1, 0.15) is 12.8 Å². The number of rotatable bonds is 3. The number of anilines is 2. The van der Waals surface area contributed by atoms with Gasteiger partial charge in [0, 0.05) is 25.0 Å². The molecule has 1 saturated heterocycles. The number of piperidine rings is 1. The van der Waals surface area contributed by atoms with Gasteiger partial charge in [0.15, 0.2) is 5.58 Å². The fourth-order valence-electron chi connectivity index (χ4n) is 3.04. The van der Waals surface area contributed by atoms with E-state index in [0.717, 1.165) is 19.4 Å². The molecular formula is C18H17FN4O2. The van der Waals surface area contributed by atoms with E-state index in [9.17, 15) is 9.18 Å². The van der Waals surface area contributed by atoms with Gasteiger partial charge in [0.1, 0.15) is 5.82 Å². The van der Waals surface area contributed by atoms with E-state index in [4.69, 9.17) is 4.42 Å². The molecule has 1 N–H and O–H groups in total. The molecule has 0 radical (unpaired) electrons. The Hall–Kier alpha value is -2.96. The fourth-order valence-corrected chi connectivity index (χ4v) is 3.04. The molecular weight excluding hydrogens is 323 g/mol. The predicted octanol–water partition coefficient (Wildman–Crippen LogP) is 3.22. The van der Waals surface area contributed by atoms with Crippen LogP contribution in [0.15, 0.2) is 47.0 Å². The second kappa shape index (κ2) is 6.51. The quantitative estimate of drug-likeness (QED) is 0.793. The lowest BCUT2D eigenvalue weighted by Gasteiger charge is -2.30. The minimum atomic E-state index is -0.327. The maximum Gasteiger partial charge on any atom is 0.299 e. The number of pyridine rings is 1. The molecule has 3 aromatic rings. The lowest BCUT2D eigenvalue weighted by atomic mass is 9.97. The monoisotopic (exact) mass is 340 g/mol. The highest BCUT2D eigenvalue weighted by atomic mass is 19.1. The van der Waals surface area contributed by atoms with Crippen LogP contribution in [0.4, 0.5) is 16.1 Å². The van der Waals surface area contributed by atoms with Gasteiger partial charge in [-0.2, -0.15) is 4.98 Å². The van der Waals surface area contributed by atoms with Crippen LogP contribution in [-0.4, -0.2) is 29.0 Å². The Morgan fingerprint density at radius 3 is 2.92 bits per heavy atom. The van der Waals surface area contributed by atoms with Crippen LogP contribution in [0.3, 0.4) is 0 Å². The summed E-state index contributed by atoms with van der Waals surface area (Å²) in [7, 11) is 0. The van der Waals surface area contributed by atoms with Gasteiger partial charge in [-0.1, -0.05) is 0 Å². The summed E-state index contributed by atoms with van der Waals surface area (Å²) in [6.07, 6.45) is 3.33. The normalized spacial score (nSPS) is 17.6. The molecule has 2 aromatic heterocycles. The topological polar surface area (TPSA) is 71.3 Å². The minimum absolute atomic E-state index is 0.0782. The first-order valence-corrected chi connectivity index (χ1v) is 8.22. The molecule has 1 aliphatic rings. The van der Waals surface area contributed by atoms with Crippen molar-refractivity contribution in [2.24, 2.45) is 5.92 Å². The molecule has 25 heavy (non-hydrogen) atoms. The molecule has 1 fully saturated rings. The van der Waals surface area contributed by atoms with Crippen molar-refractivity contribution in [3.63, 3.8) is 0 Å². The number of aromatic nitrogens is 2. The Morgan fingerprint density at radius 2 is 2.12 bits per heavy atom. The molecule has 1 atom stereocenters. The lowest BCUT2D eigenvalue weighted by molar-refractivity contribution is -0.120. The first-order chi connectivity index (χ1) is 12.2. The third-order valence-corrected chi connectivity index (χ3v) is 4.33. The Morgan fingerprint density at radius 1 is 1.28 bits per heavy atom. The SMILES string of the molecule is O=C(Nc1ccc(F)cc1)C1CCCN(c2nc3ncccc3o2)C1. The molecule has 1 amide bonds. The van der Waals surface area contributed by atoms with Crippen molar-refractivity contribution in [3.05, 3.63) is 48.4 Å². The standard InChI is InChI=1S/C18H17FN4O2/c19-13-5-7-14(8-6-13)21-17(24)12-3-2-10-23(11-12)18-22-16-15(25-18)4-1-9-20-16/h1,4-9,12H,2-3,10-11H2,(H,21,24). The van der Waals surface area contributed by atoms with Gasteiger partial charge in [0.2, 0.25) is 11.6 Å². The van der Waals surface area contributed by atoms with Gasteiger partial charge in [-0.15, -0.1) is 0 Å². The number of amides is 1. The number of nitrogens with zero attached hydrogens (tertiary/aromatic N) is 3. The summed E-state index contributed by atoms with van der Waals surface area (Å²) in [4.78, 5) is 23.0. The molecule has 0 bridgehead atoms. The van der Waals surface area contributed by atoms with E-state index >= 15 is 0 Å². The van der Waals surface area contributed by atoms with Crippen molar-refractivity contribution in [1.82, 2.24) is 9.97 Å². The highest BCUT2D eigenvalue weighted by Crippen LogP contribution is 2.26. The van der Waals surface area contributed by atoms with E-state index < -0.39 is 0 Å². The van der Waals surface area contributed by atoms with Crippen LogP contribution in [0.25, 0.3) is 11.2 Å². The first-order valence-electron chi connectivity index (χ1n) is 8.22. The fraction of sp³-hybridized carbons (Fsp3) is 0.278. The zero-order valence-corrected chi connectivity index (χ0v) is 13.5. The molecule has 3 heterocycles. The van der Waals surface area contributed by atoms with Crippen molar-refractivity contribution in [3.8, 4) is 0 Å². The van der Waals surface area contributed by atoms with E-state index in [0.29, 0.717) is 29.5 Å². The summed E-state index contributed by atoms with van der Waals surface area (Å²) < 4.78 is 18.7. The molecule has 0 saturated carbocycles. The summed E-state index contributed by atoms with van der Waals surface area (Å²) >= 11 is 0. The number of carbonyl (C=O) groups is 1. The zero-order chi connectivity index (χ0) is 17.2. The molecule has 0 aliphatic carbocycles. The Labute approximate surface area is 143 Å². The van der Waals surface area contributed by atoms with E-state index in [2.05, 4.69) is 15.3 Å². The largest absolute Gasteiger partial charge is 0.422 e. The van der Waals surface area contributed by atoms with Gasteiger partial charge >= 0.3 is 0 Å². The molecule has 1 unspecified atom stereocenters. The number of hydrogen-bond donors (Lipinski definition) is 1. The first kappa shape index (κ1) is 15.6. The number of benzene rings is 1. The van der Waals surface area contributed by atoms with Crippen molar-refractivity contribution >= 4 is 28.8 Å². The van der Waals surface area contributed by atoms with Gasteiger partial charge in [-0.3, -0.25) is 4.79 Å². The second-order valence-corrected chi connectivity index (χ2v) is 6.10. The van der Waals surface area contributed by atoms with Crippen molar-refractivity contribution in [2.75, 3.05) is 23.3 Å². The Bertz CT molecular complexity index is 860. The van der Waals surface area contributed by atoms with Crippen molar-refractivity contribution < 1.29 is 13.6 Å². The van der Waals surface area contributed by atoms with Crippen LogP contribution in [0.5, 0.6) is 0 Å². The molecule has 4 rings (SSSR count). The van der Waals surface area contributed by atoms with Gasteiger partial charge in [0.25, 0.3) is 6.01 Å². The smallest absolute Gasteiger partial charge is 0.299 e. The summed E-state index contributed by atoms with van der Waals surface area (Å²) in [5, 5.41) is 2.84. The van der Waals surface area contributed by atoms with Gasteiger partial charge in [-0.05, 0) is 49.2 Å². The summed E-state index contributed by atoms with van der Waals surface area (Å²) in [5.41, 5.74) is 1.79. The zero-order valence-electron chi connectivity index (χ0n) is 13.5. The molecule has 6 nitrogen and oxygen atoms in total. The second-order valence-electron chi connectivity index (χ2n) is 6.10. The molecule has 0 spiro atoms. The summed E-state index contributed by atoms with van der Waals surface area (Å²) in [6.45, 7) is 1.31. The average molecular weight is 340 g/mol.